The van der Waals surface area contributed by atoms with Gasteiger partial charge in [-0.1, -0.05) is 11.6 Å². The van der Waals surface area contributed by atoms with Crippen LogP contribution >= 0.6 is 11.6 Å². The molecule has 0 saturated carbocycles. The van der Waals surface area contributed by atoms with Crippen LogP contribution in [0.3, 0.4) is 0 Å². The Morgan fingerprint density at radius 1 is 1.19 bits per heavy atom. The van der Waals surface area contributed by atoms with E-state index in [0.29, 0.717) is 12.1 Å². The lowest BCUT2D eigenvalue weighted by atomic mass is 10.2. The highest BCUT2D eigenvalue weighted by Crippen LogP contribution is 2.17. The summed E-state index contributed by atoms with van der Waals surface area (Å²) in [5, 5.41) is 2.96. The molecule has 26 heavy (non-hydrogen) atoms. The van der Waals surface area contributed by atoms with Crippen molar-refractivity contribution in [2.45, 2.75) is 6.42 Å². The van der Waals surface area contributed by atoms with Crippen LogP contribution < -0.4 is 10.2 Å². The third kappa shape index (κ3) is 4.89. The van der Waals surface area contributed by atoms with Gasteiger partial charge in [0.1, 0.15) is 5.82 Å². The molecule has 1 aliphatic heterocycles. The number of carbonyl (C=O) groups is 1. The van der Waals surface area contributed by atoms with E-state index in [4.69, 9.17) is 11.6 Å². The van der Waals surface area contributed by atoms with Crippen molar-refractivity contribution >= 4 is 23.5 Å². The van der Waals surface area contributed by atoms with Gasteiger partial charge in [-0.05, 0) is 37.2 Å². The van der Waals surface area contributed by atoms with Gasteiger partial charge in [-0.2, -0.15) is 0 Å². The topological polar surface area (TPSA) is 61.4 Å². The molecule has 0 radical (unpaired) electrons. The molecule has 1 saturated heterocycles. The smallest absolute Gasteiger partial charge is 0.252 e. The molecule has 0 aliphatic carbocycles. The van der Waals surface area contributed by atoms with Gasteiger partial charge in [-0.15, -0.1) is 0 Å². The highest BCUT2D eigenvalue weighted by molar-refractivity contribution is 6.33. The molecule has 0 unspecified atom stereocenters. The van der Waals surface area contributed by atoms with E-state index in [1.54, 1.807) is 12.4 Å². The first-order valence-electron chi connectivity index (χ1n) is 8.61. The molecule has 1 aromatic carbocycles. The van der Waals surface area contributed by atoms with Crippen LogP contribution in [0.5, 0.6) is 0 Å². The summed E-state index contributed by atoms with van der Waals surface area (Å²) in [4.78, 5) is 25.2. The quantitative estimate of drug-likeness (QED) is 0.782. The minimum atomic E-state index is -0.452. The number of carbonyl (C=O) groups excluding carboxylic acids is 1. The van der Waals surface area contributed by atoms with E-state index in [-0.39, 0.29) is 10.9 Å². The average molecular weight is 378 g/mol. The molecule has 1 N–H and O–H groups in total. The second-order valence-electron chi connectivity index (χ2n) is 6.11. The van der Waals surface area contributed by atoms with Crippen molar-refractivity contribution < 1.29 is 9.18 Å². The van der Waals surface area contributed by atoms with Gasteiger partial charge in [-0.25, -0.2) is 14.4 Å². The number of piperazine rings is 1. The third-order valence-corrected chi connectivity index (χ3v) is 4.63. The minimum Gasteiger partial charge on any atom is -0.352 e. The number of hydrogen-bond donors (Lipinski definition) is 1. The fraction of sp³-hybridized carbons (Fsp3) is 0.389. The Kier molecular flexibility index (Phi) is 6.35. The zero-order valence-electron chi connectivity index (χ0n) is 14.4. The monoisotopic (exact) mass is 377 g/mol. The zero-order valence-corrected chi connectivity index (χ0v) is 15.1. The van der Waals surface area contributed by atoms with Crippen LogP contribution in [0.2, 0.25) is 5.02 Å². The lowest BCUT2D eigenvalue weighted by Crippen LogP contribution is -2.47. The Hall–Kier alpha value is -2.25. The number of amides is 1. The molecule has 1 aliphatic rings. The fourth-order valence-electron chi connectivity index (χ4n) is 2.90. The number of aromatic nitrogens is 2. The number of nitrogens with zero attached hydrogens (tertiary/aromatic N) is 4. The average Bonchev–Trinajstić information content (AvgIpc) is 2.66. The van der Waals surface area contributed by atoms with E-state index < -0.39 is 5.82 Å². The van der Waals surface area contributed by atoms with Crippen LogP contribution in [0.15, 0.2) is 36.7 Å². The Morgan fingerprint density at radius 2 is 1.92 bits per heavy atom. The maximum atomic E-state index is 13.0. The molecule has 3 rings (SSSR count). The normalized spacial score (nSPS) is 15.1. The second-order valence-corrected chi connectivity index (χ2v) is 6.52. The molecular formula is C18H21ClFN5O. The summed E-state index contributed by atoms with van der Waals surface area (Å²) in [7, 11) is 0. The predicted molar refractivity (Wildman–Crippen MR) is 99.0 cm³/mol. The number of anilines is 1. The summed E-state index contributed by atoms with van der Waals surface area (Å²) in [6.07, 6.45) is 4.35. The molecule has 1 aromatic heterocycles. The molecular weight excluding hydrogens is 357 g/mol. The number of nitrogens with one attached hydrogen (secondary N) is 1. The Balaban J connectivity index is 1.36. The molecule has 6 nitrogen and oxygen atoms in total. The SMILES string of the molecule is O=C(NCCCN1CCN(c2ncccn2)CC1)c1ccc(F)cc1Cl. The van der Waals surface area contributed by atoms with Crippen LogP contribution in [0.4, 0.5) is 10.3 Å². The first kappa shape index (κ1) is 18.5. The highest BCUT2D eigenvalue weighted by Gasteiger charge is 2.18. The summed E-state index contributed by atoms with van der Waals surface area (Å²) in [5.74, 6) is 0.0447. The van der Waals surface area contributed by atoms with Gasteiger partial charge >= 0.3 is 0 Å². The standard InChI is InChI=1S/C18H21ClFN5O/c19-16-13-14(20)3-4-15(16)17(26)21-7-2-8-24-9-11-25(12-10-24)18-22-5-1-6-23-18/h1,3-6,13H,2,7-12H2,(H,21,26). The van der Waals surface area contributed by atoms with Gasteiger partial charge in [0.25, 0.3) is 5.91 Å². The van der Waals surface area contributed by atoms with Crippen molar-refractivity contribution in [1.82, 2.24) is 20.2 Å². The van der Waals surface area contributed by atoms with Gasteiger partial charge in [0.15, 0.2) is 0 Å². The van der Waals surface area contributed by atoms with Crippen LogP contribution in [0, 0.1) is 5.82 Å². The predicted octanol–water partition coefficient (Wildman–Crippen LogP) is 2.21. The van der Waals surface area contributed by atoms with Crippen molar-refractivity contribution in [3.63, 3.8) is 0 Å². The Labute approximate surface area is 157 Å². The van der Waals surface area contributed by atoms with Gasteiger partial charge < -0.3 is 10.2 Å². The van der Waals surface area contributed by atoms with E-state index >= 15 is 0 Å². The summed E-state index contributed by atoms with van der Waals surface area (Å²) in [5.41, 5.74) is 0.296. The van der Waals surface area contributed by atoms with Crippen molar-refractivity contribution in [1.29, 1.82) is 0 Å². The lowest BCUT2D eigenvalue weighted by Gasteiger charge is -2.34. The van der Waals surface area contributed by atoms with Crippen molar-refractivity contribution in [2.75, 3.05) is 44.2 Å². The number of hydrogen-bond acceptors (Lipinski definition) is 5. The van der Waals surface area contributed by atoms with Crippen molar-refractivity contribution in [2.24, 2.45) is 0 Å². The molecule has 0 bridgehead atoms. The van der Waals surface area contributed by atoms with E-state index in [9.17, 15) is 9.18 Å². The maximum Gasteiger partial charge on any atom is 0.252 e. The minimum absolute atomic E-state index is 0.127. The molecule has 2 heterocycles. The van der Waals surface area contributed by atoms with Crippen molar-refractivity contribution in [3.05, 3.63) is 53.1 Å². The van der Waals surface area contributed by atoms with Crippen LogP contribution in [-0.4, -0.2) is 60.0 Å². The Bertz CT molecular complexity index is 738. The van der Waals surface area contributed by atoms with Gasteiger partial charge in [-0.3, -0.25) is 9.69 Å². The summed E-state index contributed by atoms with van der Waals surface area (Å²) in [6.45, 7) is 5.12. The van der Waals surface area contributed by atoms with E-state index in [2.05, 4.69) is 25.1 Å². The molecule has 0 atom stereocenters. The summed E-state index contributed by atoms with van der Waals surface area (Å²) < 4.78 is 13.0. The third-order valence-electron chi connectivity index (χ3n) is 4.32. The van der Waals surface area contributed by atoms with Crippen LogP contribution in [0.25, 0.3) is 0 Å². The van der Waals surface area contributed by atoms with Crippen LogP contribution in [-0.2, 0) is 0 Å². The van der Waals surface area contributed by atoms with Gasteiger partial charge in [0, 0.05) is 45.1 Å². The molecule has 138 valence electrons. The molecule has 0 spiro atoms. The number of rotatable bonds is 6. The lowest BCUT2D eigenvalue weighted by molar-refractivity contribution is 0.0951. The zero-order chi connectivity index (χ0) is 18.4. The van der Waals surface area contributed by atoms with Gasteiger partial charge in [0.2, 0.25) is 5.95 Å². The highest BCUT2D eigenvalue weighted by atomic mass is 35.5. The molecule has 8 heteroatoms. The maximum absolute atomic E-state index is 13.0. The second kappa shape index (κ2) is 8.91. The first-order valence-corrected chi connectivity index (χ1v) is 8.99. The summed E-state index contributed by atoms with van der Waals surface area (Å²) in [6, 6.07) is 5.59. The number of benzene rings is 1. The first-order chi connectivity index (χ1) is 12.6. The number of halogens is 2. The van der Waals surface area contributed by atoms with E-state index in [1.165, 1.54) is 12.1 Å². The molecule has 1 fully saturated rings. The van der Waals surface area contributed by atoms with E-state index in [0.717, 1.165) is 51.2 Å². The Morgan fingerprint density at radius 3 is 2.62 bits per heavy atom. The summed E-state index contributed by atoms with van der Waals surface area (Å²) >= 11 is 5.90. The van der Waals surface area contributed by atoms with Crippen molar-refractivity contribution in [3.8, 4) is 0 Å². The molecule has 2 aromatic rings. The molecule has 1 amide bonds. The van der Waals surface area contributed by atoms with Crippen LogP contribution in [0.1, 0.15) is 16.8 Å². The van der Waals surface area contributed by atoms with Gasteiger partial charge in [0.05, 0.1) is 10.6 Å². The van der Waals surface area contributed by atoms with E-state index in [1.807, 2.05) is 6.07 Å². The largest absolute Gasteiger partial charge is 0.352 e. The fourth-order valence-corrected chi connectivity index (χ4v) is 3.15.